The SMILES string of the molecule is CCCNc1ccc(Cl)c(C(=O)N(CC)CC2CC2)n1. The first-order chi connectivity index (χ1) is 9.65. The maximum atomic E-state index is 12.5. The molecule has 1 aromatic rings. The highest BCUT2D eigenvalue weighted by Gasteiger charge is 2.27. The fourth-order valence-electron chi connectivity index (χ4n) is 2.06. The molecule has 1 aliphatic rings. The van der Waals surface area contributed by atoms with Crippen molar-refractivity contribution in [1.29, 1.82) is 0 Å². The summed E-state index contributed by atoms with van der Waals surface area (Å²) in [6.45, 7) is 6.43. The van der Waals surface area contributed by atoms with Crippen LogP contribution < -0.4 is 5.32 Å². The van der Waals surface area contributed by atoms with Crippen molar-refractivity contribution in [2.75, 3.05) is 25.0 Å². The van der Waals surface area contributed by atoms with Gasteiger partial charge in [-0.15, -0.1) is 0 Å². The van der Waals surface area contributed by atoms with Crippen molar-refractivity contribution in [2.45, 2.75) is 33.1 Å². The molecule has 1 N–H and O–H groups in total. The van der Waals surface area contributed by atoms with Crippen LogP contribution in [0.25, 0.3) is 0 Å². The first kappa shape index (κ1) is 15.1. The molecule has 5 heteroatoms. The standard InChI is InChI=1S/C15H22ClN3O/c1-3-9-17-13-8-7-12(16)14(18-13)15(20)19(4-2)10-11-5-6-11/h7-8,11H,3-6,9-10H2,1-2H3,(H,17,18). The Morgan fingerprint density at radius 2 is 2.20 bits per heavy atom. The number of halogens is 1. The number of nitrogens with zero attached hydrogens (tertiary/aromatic N) is 2. The van der Waals surface area contributed by atoms with Crippen LogP contribution in [0.3, 0.4) is 0 Å². The van der Waals surface area contributed by atoms with E-state index in [1.807, 2.05) is 17.9 Å². The third-order valence-electron chi connectivity index (χ3n) is 3.45. The summed E-state index contributed by atoms with van der Waals surface area (Å²) in [6, 6.07) is 3.55. The first-order valence-electron chi connectivity index (χ1n) is 7.35. The normalized spacial score (nSPS) is 14.2. The lowest BCUT2D eigenvalue weighted by Crippen LogP contribution is -2.33. The topological polar surface area (TPSA) is 45.2 Å². The third kappa shape index (κ3) is 3.85. The van der Waals surface area contributed by atoms with Gasteiger partial charge in [-0.05, 0) is 44.2 Å². The molecule has 0 aromatic carbocycles. The zero-order chi connectivity index (χ0) is 14.5. The number of aromatic nitrogens is 1. The van der Waals surface area contributed by atoms with Crippen molar-refractivity contribution >= 4 is 23.3 Å². The van der Waals surface area contributed by atoms with Crippen LogP contribution in [0.4, 0.5) is 5.82 Å². The number of hydrogen-bond donors (Lipinski definition) is 1. The van der Waals surface area contributed by atoms with Crippen LogP contribution in [0.2, 0.25) is 5.02 Å². The second kappa shape index (κ2) is 6.93. The summed E-state index contributed by atoms with van der Waals surface area (Å²) >= 11 is 6.14. The van der Waals surface area contributed by atoms with Crippen molar-refractivity contribution in [2.24, 2.45) is 5.92 Å². The van der Waals surface area contributed by atoms with Crippen LogP contribution in [0.5, 0.6) is 0 Å². The number of amides is 1. The fourth-order valence-corrected chi connectivity index (χ4v) is 2.25. The number of carbonyl (C=O) groups excluding carboxylic acids is 1. The average Bonchev–Trinajstić information content (AvgIpc) is 3.27. The van der Waals surface area contributed by atoms with Crippen LogP contribution in [-0.4, -0.2) is 35.4 Å². The summed E-state index contributed by atoms with van der Waals surface area (Å²) in [6.07, 6.45) is 3.46. The van der Waals surface area contributed by atoms with Gasteiger partial charge >= 0.3 is 0 Å². The molecule has 0 saturated heterocycles. The molecule has 0 unspecified atom stereocenters. The van der Waals surface area contributed by atoms with Crippen LogP contribution in [0.15, 0.2) is 12.1 Å². The van der Waals surface area contributed by atoms with Gasteiger partial charge in [0.1, 0.15) is 11.5 Å². The summed E-state index contributed by atoms with van der Waals surface area (Å²) in [4.78, 5) is 18.8. The largest absolute Gasteiger partial charge is 0.370 e. The summed E-state index contributed by atoms with van der Waals surface area (Å²) in [5, 5.41) is 3.61. The lowest BCUT2D eigenvalue weighted by molar-refractivity contribution is 0.0751. The van der Waals surface area contributed by atoms with E-state index in [9.17, 15) is 4.79 Å². The molecular formula is C15H22ClN3O. The van der Waals surface area contributed by atoms with Gasteiger partial charge in [0, 0.05) is 19.6 Å². The second-order valence-corrected chi connectivity index (χ2v) is 5.65. The monoisotopic (exact) mass is 295 g/mol. The quantitative estimate of drug-likeness (QED) is 0.838. The molecule has 0 bridgehead atoms. The Morgan fingerprint density at radius 1 is 1.45 bits per heavy atom. The van der Waals surface area contributed by atoms with Crippen molar-refractivity contribution in [1.82, 2.24) is 9.88 Å². The van der Waals surface area contributed by atoms with E-state index in [0.717, 1.165) is 19.5 Å². The molecule has 1 aliphatic carbocycles. The van der Waals surface area contributed by atoms with Gasteiger partial charge in [0.15, 0.2) is 0 Å². The molecule has 110 valence electrons. The van der Waals surface area contributed by atoms with Gasteiger partial charge in [-0.3, -0.25) is 4.79 Å². The molecule has 1 saturated carbocycles. The van der Waals surface area contributed by atoms with E-state index >= 15 is 0 Å². The van der Waals surface area contributed by atoms with E-state index in [4.69, 9.17) is 11.6 Å². The highest BCUT2D eigenvalue weighted by molar-refractivity contribution is 6.33. The van der Waals surface area contributed by atoms with Gasteiger partial charge in [0.2, 0.25) is 0 Å². The Morgan fingerprint density at radius 3 is 2.80 bits per heavy atom. The zero-order valence-electron chi connectivity index (χ0n) is 12.2. The van der Waals surface area contributed by atoms with E-state index in [1.54, 1.807) is 6.07 Å². The van der Waals surface area contributed by atoms with Crippen LogP contribution in [0.1, 0.15) is 43.6 Å². The molecule has 2 rings (SSSR count). The van der Waals surface area contributed by atoms with Crippen molar-refractivity contribution in [3.63, 3.8) is 0 Å². The molecule has 0 spiro atoms. The second-order valence-electron chi connectivity index (χ2n) is 5.24. The van der Waals surface area contributed by atoms with E-state index in [-0.39, 0.29) is 5.91 Å². The van der Waals surface area contributed by atoms with Gasteiger partial charge in [0.05, 0.1) is 5.02 Å². The smallest absolute Gasteiger partial charge is 0.274 e. The van der Waals surface area contributed by atoms with Gasteiger partial charge in [-0.25, -0.2) is 4.98 Å². The average molecular weight is 296 g/mol. The first-order valence-corrected chi connectivity index (χ1v) is 7.73. The third-order valence-corrected chi connectivity index (χ3v) is 3.75. The van der Waals surface area contributed by atoms with Crippen LogP contribution in [-0.2, 0) is 0 Å². The summed E-state index contributed by atoms with van der Waals surface area (Å²) < 4.78 is 0. The Kier molecular flexibility index (Phi) is 5.24. The molecule has 0 atom stereocenters. The lowest BCUT2D eigenvalue weighted by atomic mass is 10.2. The minimum Gasteiger partial charge on any atom is -0.370 e. The number of carbonyl (C=O) groups is 1. The highest BCUT2D eigenvalue weighted by atomic mass is 35.5. The predicted molar refractivity (Wildman–Crippen MR) is 82.3 cm³/mol. The van der Waals surface area contributed by atoms with Gasteiger partial charge < -0.3 is 10.2 Å². The number of nitrogens with one attached hydrogen (secondary N) is 1. The number of hydrogen-bond acceptors (Lipinski definition) is 3. The maximum Gasteiger partial charge on any atom is 0.274 e. The Labute approximate surface area is 125 Å². The number of anilines is 1. The molecular weight excluding hydrogens is 274 g/mol. The molecule has 0 radical (unpaired) electrons. The highest BCUT2D eigenvalue weighted by Crippen LogP contribution is 2.30. The summed E-state index contributed by atoms with van der Waals surface area (Å²) in [5.74, 6) is 1.31. The molecule has 1 aromatic heterocycles. The van der Waals surface area contributed by atoms with Crippen LogP contribution in [0, 0.1) is 5.92 Å². The van der Waals surface area contributed by atoms with E-state index in [1.165, 1.54) is 12.8 Å². The summed E-state index contributed by atoms with van der Waals surface area (Å²) in [5.41, 5.74) is 0.357. The van der Waals surface area contributed by atoms with E-state index < -0.39 is 0 Å². The lowest BCUT2D eigenvalue weighted by Gasteiger charge is -2.21. The number of rotatable bonds is 7. The Hall–Kier alpha value is -1.29. The minimum atomic E-state index is -0.0652. The van der Waals surface area contributed by atoms with E-state index in [0.29, 0.717) is 29.0 Å². The van der Waals surface area contributed by atoms with Crippen molar-refractivity contribution in [3.8, 4) is 0 Å². The van der Waals surface area contributed by atoms with Gasteiger partial charge in [0.25, 0.3) is 5.91 Å². The zero-order valence-corrected chi connectivity index (χ0v) is 12.9. The van der Waals surface area contributed by atoms with Crippen molar-refractivity contribution in [3.05, 3.63) is 22.8 Å². The molecule has 0 aliphatic heterocycles. The van der Waals surface area contributed by atoms with E-state index in [2.05, 4.69) is 17.2 Å². The Bertz CT molecular complexity index is 474. The molecule has 1 heterocycles. The number of pyridine rings is 1. The molecule has 1 fully saturated rings. The summed E-state index contributed by atoms with van der Waals surface area (Å²) in [7, 11) is 0. The Balaban J connectivity index is 2.13. The van der Waals surface area contributed by atoms with Gasteiger partial charge in [-0.2, -0.15) is 0 Å². The molecule has 1 amide bonds. The maximum absolute atomic E-state index is 12.5. The minimum absolute atomic E-state index is 0.0652. The van der Waals surface area contributed by atoms with Crippen LogP contribution >= 0.6 is 11.6 Å². The molecule has 20 heavy (non-hydrogen) atoms. The fraction of sp³-hybridized carbons (Fsp3) is 0.600. The predicted octanol–water partition coefficient (Wildman–Crippen LogP) is 3.43. The van der Waals surface area contributed by atoms with Crippen molar-refractivity contribution < 1.29 is 4.79 Å². The van der Waals surface area contributed by atoms with Gasteiger partial charge in [-0.1, -0.05) is 18.5 Å². The molecule has 4 nitrogen and oxygen atoms in total.